The number of nitrogens with zero attached hydrogens (tertiary/aromatic N) is 1. The summed E-state index contributed by atoms with van der Waals surface area (Å²) in [7, 11) is 0. The van der Waals surface area contributed by atoms with Crippen LogP contribution in [0.15, 0.2) is 18.2 Å². The summed E-state index contributed by atoms with van der Waals surface area (Å²) in [5.74, 6) is -1.97. The van der Waals surface area contributed by atoms with Gasteiger partial charge >= 0.3 is 6.18 Å². The van der Waals surface area contributed by atoms with Crippen molar-refractivity contribution in [3.8, 4) is 0 Å². The second-order valence-corrected chi connectivity index (χ2v) is 5.16. The molecule has 1 aliphatic carbocycles. The molecule has 2 rings (SSSR count). The van der Waals surface area contributed by atoms with Crippen molar-refractivity contribution in [2.24, 2.45) is 5.92 Å². The molecule has 1 N–H and O–H groups in total. The van der Waals surface area contributed by atoms with Crippen molar-refractivity contribution in [3.05, 3.63) is 34.1 Å². The van der Waals surface area contributed by atoms with Gasteiger partial charge in [-0.15, -0.1) is 0 Å². The highest BCUT2D eigenvalue weighted by Gasteiger charge is 2.41. The van der Waals surface area contributed by atoms with Gasteiger partial charge in [0.2, 0.25) is 0 Å². The van der Waals surface area contributed by atoms with Crippen LogP contribution in [0.2, 0.25) is 0 Å². The average molecular weight is 306 g/mol. The number of hydrogen-bond donors (Lipinski definition) is 1. The van der Waals surface area contributed by atoms with Gasteiger partial charge in [-0.25, -0.2) is 4.39 Å². The van der Waals surface area contributed by atoms with E-state index in [4.69, 9.17) is 0 Å². The third-order valence-corrected chi connectivity index (χ3v) is 3.71. The fourth-order valence-corrected chi connectivity index (χ4v) is 2.52. The van der Waals surface area contributed by atoms with Crippen LogP contribution in [0.5, 0.6) is 0 Å². The van der Waals surface area contributed by atoms with Crippen LogP contribution in [0, 0.1) is 21.8 Å². The number of anilines is 1. The lowest BCUT2D eigenvalue weighted by molar-refractivity contribution is -0.384. The van der Waals surface area contributed by atoms with E-state index in [-0.39, 0.29) is 43.1 Å². The zero-order valence-electron chi connectivity index (χ0n) is 11.0. The van der Waals surface area contributed by atoms with Gasteiger partial charge in [0.15, 0.2) is 0 Å². The Hall–Kier alpha value is -1.86. The highest BCUT2D eigenvalue weighted by molar-refractivity contribution is 5.52. The van der Waals surface area contributed by atoms with Gasteiger partial charge in [-0.05, 0) is 31.7 Å². The number of benzene rings is 1. The minimum Gasteiger partial charge on any atom is -0.380 e. The van der Waals surface area contributed by atoms with Gasteiger partial charge in [-0.3, -0.25) is 10.1 Å². The number of halogens is 4. The molecule has 1 saturated carbocycles. The maximum Gasteiger partial charge on any atom is 0.391 e. The number of rotatable bonds is 3. The molecule has 8 heteroatoms. The van der Waals surface area contributed by atoms with Gasteiger partial charge in [0.05, 0.1) is 16.5 Å². The fourth-order valence-electron chi connectivity index (χ4n) is 2.52. The summed E-state index contributed by atoms with van der Waals surface area (Å²) >= 11 is 0. The third kappa shape index (κ3) is 3.83. The molecule has 0 heterocycles. The van der Waals surface area contributed by atoms with Gasteiger partial charge < -0.3 is 5.32 Å². The molecule has 0 unspecified atom stereocenters. The second-order valence-electron chi connectivity index (χ2n) is 5.16. The van der Waals surface area contributed by atoms with Crippen molar-refractivity contribution in [1.29, 1.82) is 0 Å². The van der Waals surface area contributed by atoms with Crippen molar-refractivity contribution in [1.82, 2.24) is 0 Å². The van der Waals surface area contributed by atoms with Gasteiger partial charge in [0.25, 0.3) is 5.69 Å². The van der Waals surface area contributed by atoms with Gasteiger partial charge in [0, 0.05) is 18.2 Å². The Morgan fingerprint density at radius 2 is 1.81 bits per heavy atom. The van der Waals surface area contributed by atoms with Gasteiger partial charge in [-0.2, -0.15) is 13.2 Å². The molecule has 0 saturated heterocycles. The van der Waals surface area contributed by atoms with Gasteiger partial charge in [0.1, 0.15) is 5.82 Å². The lowest BCUT2D eigenvalue weighted by Gasteiger charge is -2.30. The molecule has 1 aliphatic rings. The van der Waals surface area contributed by atoms with Crippen molar-refractivity contribution in [3.63, 3.8) is 0 Å². The molecule has 116 valence electrons. The first-order valence-electron chi connectivity index (χ1n) is 6.54. The topological polar surface area (TPSA) is 55.2 Å². The highest BCUT2D eigenvalue weighted by Crippen LogP contribution is 2.38. The molecule has 0 aliphatic heterocycles. The van der Waals surface area contributed by atoms with E-state index in [2.05, 4.69) is 5.32 Å². The van der Waals surface area contributed by atoms with Crippen LogP contribution in [0.3, 0.4) is 0 Å². The van der Waals surface area contributed by atoms with E-state index >= 15 is 0 Å². The first kappa shape index (κ1) is 15.5. The number of nitro groups is 1. The van der Waals surface area contributed by atoms with E-state index in [1.165, 1.54) is 0 Å². The Kier molecular flexibility index (Phi) is 4.34. The molecular weight excluding hydrogens is 292 g/mol. The zero-order chi connectivity index (χ0) is 15.6. The molecule has 0 spiro atoms. The molecule has 21 heavy (non-hydrogen) atoms. The van der Waals surface area contributed by atoms with Crippen LogP contribution in [-0.2, 0) is 0 Å². The highest BCUT2D eigenvalue weighted by atomic mass is 19.4. The lowest BCUT2D eigenvalue weighted by atomic mass is 9.85. The summed E-state index contributed by atoms with van der Waals surface area (Å²) in [6.07, 6.45) is -3.71. The first-order chi connectivity index (χ1) is 9.77. The van der Waals surface area contributed by atoms with Crippen molar-refractivity contribution in [2.45, 2.75) is 37.9 Å². The van der Waals surface area contributed by atoms with Crippen molar-refractivity contribution < 1.29 is 22.5 Å². The average Bonchev–Trinajstić information content (AvgIpc) is 2.40. The molecule has 0 aromatic heterocycles. The predicted octanol–water partition coefficient (Wildman–Crippen LogP) is 4.27. The number of alkyl halides is 3. The SMILES string of the molecule is O=[N+]([O-])c1ccc(F)c(NC2CCC(C(F)(F)F)CC2)c1. The summed E-state index contributed by atoms with van der Waals surface area (Å²) in [5.41, 5.74) is -0.303. The Morgan fingerprint density at radius 3 is 2.33 bits per heavy atom. The van der Waals surface area contributed by atoms with Crippen LogP contribution in [0.1, 0.15) is 25.7 Å². The molecule has 1 aromatic rings. The molecule has 1 aromatic carbocycles. The van der Waals surface area contributed by atoms with Crippen molar-refractivity contribution in [2.75, 3.05) is 5.32 Å². The minimum absolute atomic E-state index is 0.0162. The third-order valence-electron chi connectivity index (χ3n) is 3.71. The molecular formula is C13H14F4N2O2. The van der Waals surface area contributed by atoms with Crippen LogP contribution < -0.4 is 5.32 Å². The first-order valence-corrected chi connectivity index (χ1v) is 6.54. The number of hydrogen-bond acceptors (Lipinski definition) is 3. The molecule has 4 nitrogen and oxygen atoms in total. The van der Waals surface area contributed by atoms with E-state index < -0.39 is 22.8 Å². The van der Waals surface area contributed by atoms with E-state index in [1.54, 1.807) is 0 Å². The summed E-state index contributed by atoms with van der Waals surface area (Å²) in [6.45, 7) is 0. The fraction of sp³-hybridized carbons (Fsp3) is 0.538. The van der Waals surface area contributed by atoms with Gasteiger partial charge in [-0.1, -0.05) is 0 Å². The van der Waals surface area contributed by atoms with Crippen LogP contribution in [0.4, 0.5) is 28.9 Å². The maximum atomic E-state index is 13.6. The van der Waals surface area contributed by atoms with Crippen molar-refractivity contribution >= 4 is 11.4 Å². The lowest BCUT2D eigenvalue weighted by Crippen LogP contribution is -2.33. The monoisotopic (exact) mass is 306 g/mol. The van der Waals surface area contributed by atoms with Crippen LogP contribution in [0.25, 0.3) is 0 Å². The van der Waals surface area contributed by atoms with Crippen LogP contribution >= 0.6 is 0 Å². The van der Waals surface area contributed by atoms with E-state index in [0.29, 0.717) is 0 Å². The Morgan fingerprint density at radius 1 is 1.19 bits per heavy atom. The minimum atomic E-state index is -4.19. The molecule has 1 fully saturated rings. The number of nitro benzene ring substituents is 1. The zero-order valence-corrected chi connectivity index (χ0v) is 11.0. The second kappa shape index (κ2) is 5.87. The summed E-state index contributed by atoms with van der Waals surface area (Å²) in [6, 6.07) is 2.77. The molecule has 0 radical (unpaired) electrons. The largest absolute Gasteiger partial charge is 0.391 e. The summed E-state index contributed by atoms with van der Waals surface area (Å²) in [4.78, 5) is 9.99. The predicted molar refractivity (Wildman–Crippen MR) is 68.5 cm³/mol. The molecule has 0 bridgehead atoms. The number of non-ortho nitro benzene ring substituents is 1. The van der Waals surface area contributed by atoms with E-state index in [1.807, 2.05) is 0 Å². The normalized spacial score (nSPS) is 22.9. The van der Waals surface area contributed by atoms with E-state index in [0.717, 1.165) is 18.2 Å². The quantitative estimate of drug-likeness (QED) is 0.515. The van der Waals surface area contributed by atoms with E-state index in [9.17, 15) is 27.7 Å². The Balaban J connectivity index is 2.01. The molecule has 0 atom stereocenters. The summed E-state index contributed by atoms with van der Waals surface area (Å²) in [5, 5.41) is 13.4. The van der Waals surface area contributed by atoms with Crippen LogP contribution in [-0.4, -0.2) is 17.1 Å². The Labute approximate surface area is 118 Å². The smallest absolute Gasteiger partial charge is 0.380 e. The number of nitrogens with one attached hydrogen (secondary N) is 1. The maximum absolute atomic E-state index is 13.6. The Bertz CT molecular complexity index is 525. The standard InChI is InChI=1S/C13H14F4N2O2/c14-11-6-5-10(19(20)21)7-12(11)18-9-3-1-8(2-4-9)13(15,16)17/h5-9,18H,1-4H2. The molecule has 0 amide bonds. The summed E-state index contributed by atoms with van der Waals surface area (Å²) < 4.78 is 51.2.